The van der Waals surface area contributed by atoms with Gasteiger partial charge >= 0.3 is 5.97 Å². The molecule has 2 aliphatic rings. The third kappa shape index (κ3) is 3.33. The van der Waals surface area contributed by atoms with E-state index in [-0.39, 0.29) is 17.9 Å². The second-order valence-electron chi connectivity index (χ2n) is 7.53. The first kappa shape index (κ1) is 17.0. The fourth-order valence-electron chi connectivity index (χ4n) is 4.41. The maximum absolute atomic E-state index is 13.2. The number of hydrogen-bond donors (Lipinski definition) is 2. The Morgan fingerprint density at radius 2 is 1.92 bits per heavy atom. The lowest BCUT2D eigenvalue weighted by molar-refractivity contribution is -0.141. The van der Waals surface area contributed by atoms with Gasteiger partial charge < -0.3 is 10.4 Å². The molecule has 2 aliphatic carbocycles. The lowest BCUT2D eigenvalue weighted by Crippen LogP contribution is -2.48. The number of rotatable bonds is 4. The van der Waals surface area contributed by atoms with Crippen LogP contribution in [-0.4, -0.2) is 23.0 Å². The van der Waals surface area contributed by atoms with Crippen LogP contribution in [-0.2, 0) is 15.0 Å². The Morgan fingerprint density at radius 3 is 2.54 bits per heavy atom. The summed E-state index contributed by atoms with van der Waals surface area (Å²) in [7, 11) is 0. The van der Waals surface area contributed by atoms with Gasteiger partial charge in [0.15, 0.2) is 0 Å². The maximum Gasteiger partial charge on any atom is 0.306 e. The van der Waals surface area contributed by atoms with Crippen molar-refractivity contribution < 1.29 is 14.7 Å². The van der Waals surface area contributed by atoms with Crippen LogP contribution in [0.5, 0.6) is 0 Å². The molecule has 0 aromatic heterocycles. The molecule has 1 aromatic carbocycles. The van der Waals surface area contributed by atoms with Crippen molar-refractivity contribution in [1.82, 2.24) is 5.32 Å². The summed E-state index contributed by atoms with van der Waals surface area (Å²) in [6, 6.07) is 8.31. The molecule has 3 rings (SSSR count). The molecule has 0 spiro atoms. The first-order chi connectivity index (χ1) is 11.5. The van der Waals surface area contributed by atoms with Crippen molar-refractivity contribution in [2.75, 3.05) is 0 Å². The summed E-state index contributed by atoms with van der Waals surface area (Å²) >= 11 is 0. The van der Waals surface area contributed by atoms with Gasteiger partial charge in [-0.1, -0.05) is 49.1 Å². The summed E-state index contributed by atoms with van der Waals surface area (Å²) in [5.74, 6) is -0.946. The molecule has 0 saturated heterocycles. The van der Waals surface area contributed by atoms with Crippen molar-refractivity contribution >= 4 is 11.9 Å². The molecule has 2 fully saturated rings. The Kier molecular flexibility index (Phi) is 4.93. The van der Waals surface area contributed by atoms with Gasteiger partial charge in [-0.25, -0.2) is 0 Å². The zero-order valence-electron chi connectivity index (χ0n) is 14.4. The quantitative estimate of drug-likeness (QED) is 0.887. The maximum atomic E-state index is 13.2. The molecule has 2 saturated carbocycles. The predicted molar refractivity (Wildman–Crippen MR) is 92.8 cm³/mol. The van der Waals surface area contributed by atoms with E-state index < -0.39 is 11.4 Å². The highest BCUT2D eigenvalue weighted by Crippen LogP contribution is 2.40. The highest BCUT2D eigenvalue weighted by Gasteiger charge is 2.42. The fourth-order valence-corrected chi connectivity index (χ4v) is 4.41. The standard InChI is InChI=1S/C20H27NO3/c1-14-6-5-7-16(12-14)20(10-3-2-4-11-20)19(24)21-17-9-8-15(13-17)18(22)23/h5-7,12,15,17H,2-4,8-11,13H2,1H3,(H,21,24)(H,22,23)/t15-,17+/m0/s1. The molecule has 1 amide bonds. The highest BCUT2D eigenvalue weighted by atomic mass is 16.4. The van der Waals surface area contributed by atoms with E-state index in [0.29, 0.717) is 12.8 Å². The van der Waals surface area contributed by atoms with E-state index in [1.807, 2.05) is 6.07 Å². The normalized spacial score (nSPS) is 26.0. The van der Waals surface area contributed by atoms with Gasteiger partial charge in [-0.15, -0.1) is 0 Å². The van der Waals surface area contributed by atoms with Gasteiger partial charge in [0.05, 0.1) is 11.3 Å². The Bertz CT molecular complexity index is 619. The number of carboxylic acid groups (broad SMARTS) is 1. The lowest BCUT2D eigenvalue weighted by Gasteiger charge is -2.37. The van der Waals surface area contributed by atoms with Crippen LogP contribution in [0.25, 0.3) is 0 Å². The van der Waals surface area contributed by atoms with Gasteiger partial charge in [0.25, 0.3) is 0 Å². The lowest BCUT2D eigenvalue weighted by atomic mass is 9.68. The van der Waals surface area contributed by atoms with Gasteiger partial charge in [-0.05, 0) is 44.6 Å². The van der Waals surface area contributed by atoms with Crippen LogP contribution in [0.4, 0.5) is 0 Å². The molecule has 24 heavy (non-hydrogen) atoms. The molecule has 4 heteroatoms. The zero-order valence-corrected chi connectivity index (χ0v) is 14.4. The highest BCUT2D eigenvalue weighted by molar-refractivity contribution is 5.88. The summed E-state index contributed by atoms with van der Waals surface area (Å²) in [6.45, 7) is 2.06. The van der Waals surface area contributed by atoms with Crippen molar-refractivity contribution in [1.29, 1.82) is 0 Å². The average Bonchev–Trinajstić information content (AvgIpc) is 3.04. The summed E-state index contributed by atoms with van der Waals surface area (Å²) in [4.78, 5) is 24.3. The van der Waals surface area contributed by atoms with Gasteiger partial charge in [0.2, 0.25) is 5.91 Å². The Morgan fingerprint density at radius 1 is 1.17 bits per heavy atom. The topological polar surface area (TPSA) is 66.4 Å². The number of hydrogen-bond acceptors (Lipinski definition) is 2. The number of nitrogens with one attached hydrogen (secondary N) is 1. The molecule has 0 bridgehead atoms. The summed E-state index contributed by atoms with van der Waals surface area (Å²) in [5, 5.41) is 12.4. The third-order valence-electron chi connectivity index (χ3n) is 5.83. The monoisotopic (exact) mass is 329 g/mol. The largest absolute Gasteiger partial charge is 0.481 e. The van der Waals surface area contributed by atoms with Crippen LogP contribution in [0.1, 0.15) is 62.5 Å². The molecule has 1 aromatic rings. The van der Waals surface area contributed by atoms with E-state index in [2.05, 4.69) is 30.4 Å². The van der Waals surface area contributed by atoms with Crippen LogP contribution < -0.4 is 5.32 Å². The third-order valence-corrected chi connectivity index (χ3v) is 5.83. The minimum atomic E-state index is -0.738. The fraction of sp³-hybridized carbons (Fsp3) is 0.600. The van der Waals surface area contributed by atoms with Crippen molar-refractivity contribution in [2.24, 2.45) is 5.92 Å². The Balaban J connectivity index is 1.79. The summed E-state index contributed by atoms with van der Waals surface area (Å²) < 4.78 is 0. The van der Waals surface area contributed by atoms with Crippen LogP contribution in [0, 0.1) is 12.8 Å². The van der Waals surface area contributed by atoms with E-state index in [4.69, 9.17) is 5.11 Å². The van der Waals surface area contributed by atoms with Crippen molar-refractivity contribution in [3.8, 4) is 0 Å². The summed E-state index contributed by atoms with van der Waals surface area (Å²) in [6.07, 6.45) is 7.10. The number of aryl methyl sites for hydroxylation is 1. The van der Waals surface area contributed by atoms with E-state index in [0.717, 1.165) is 37.7 Å². The molecule has 0 radical (unpaired) electrons. The number of amides is 1. The van der Waals surface area contributed by atoms with Gasteiger partial charge in [0, 0.05) is 6.04 Å². The Labute approximate surface area is 143 Å². The second-order valence-corrected chi connectivity index (χ2v) is 7.53. The second kappa shape index (κ2) is 6.96. The molecule has 2 atom stereocenters. The average molecular weight is 329 g/mol. The van der Waals surface area contributed by atoms with E-state index in [9.17, 15) is 9.59 Å². The molecular weight excluding hydrogens is 302 g/mol. The van der Waals surface area contributed by atoms with Crippen molar-refractivity contribution in [3.63, 3.8) is 0 Å². The molecule has 0 unspecified atom stereocenters. The molecule has 0 aliphatic heterocycles. The number of benzene rings is 1. The van der Waals surface area contributed by atoms with E-state index in [1.54, 1.807) is 0 Å². The van der Waals surface area contributed by atoms with E-state index in [1.165, 1.54) is 12.0 Å². The molecule has 2 N–H and O–H groups in total. The zero-order chi connectivity index (χ0) is 17.2. The predicted octanol–water partition coefficient (Wildman–Crippen LogP) is 3.57. The van der Waals surface area contributed by atoms with Gasteiger partial charge in [-0.2, -0.15) is 0 Å². The number of carbonyl (C=O) groups excluding carboxylic acids is 1. The minimum absolute atomic E-state index is 0.00205. The molecule has 0 heterocycles. The van der Waals surface area contributed by atoms with Crippen LogP contribution in [0.2, 0.25) is 0 Å². The Hall–Kier alpha value is -1.84. The molecule has 4 nitrogen and oxygen atoms in total. The number of aliphatic carboxylic acids is 1. The van der Waals surface area contributed by atoms with Gasteiger partial charge in [-0.3, -0.25) is 9.59 Å². The molecule has 130 valence electrons. The number of carbonyl (C=O) groups is 2. The van der Waals surface area contributed by atoms with Crippen molar-refractivity contribution in [3.05, 3.63) is 35.4 Å². The smallest absolute Gasteiger partial charge is 0.306 e. The molecular formula is C20H27NO3. The first-order valence-corrected chi connectivity index (χ1v) is 9.12. The number of carboxylic acids is 1. The van der Waals surface area contributed by atoms with E-state index >= 15 is 0 Å². The SMILES string of the molecule is Cc1cccc(C2(C(=O)N[C@@H]3CC[C@H](C(=O)O)C3)CCCCC2)c1. The summed E-state index contributed by atoms with van der Waals surface area (Å²) in [5.41, 5.74) is 1.86. The van der Waals surface area contributed by atoms with Crippen LogP contribution in [0.3, 0.4) is 0 Å². The van der Waals surface area contributed by atoms with Crippen molar-refractivity contribution in [2.45, 2.75) is 69.7 Å². The first-order valence-electron chi connectivity index (χ1n) is 9.12. The minimum Gasteiger partial charge on any atom is -0.481 e. The van der Waals surface area contributed by atoms with Gasteiger partial charge in [0.1, 0.15) is 0 Å². The van der Waals surface area contributed by atoms with Crippen LogP contribution >= 0.6 is 0 Å². The van der Waals surface area contributed by atoms with Crippen LogP contribution in [0.15, 0.2) is 24.3 Å².